The van der Waals surface area contributed by atoms with E-state index in [2.05, 4.69) is 44.1 Å². The number of benzene rings is 2. The van der Waals surface area contributed by atoms with Crippen LogP contribution < -0.4 is 15.0 Å². The minimum absolute atomic E-state index is 0.255. The lowest BCUT2D eigenvalue weighted by Gasteiger charge is -2.38. The predicted octanol–water partition coefficient (Wildman–Crippen LogP) is 4.56. The van der Waals surface area contributed by atoms with E-state index in [1.165, 1.54) is 13.2 Å². The number of halogens is 1. The maximum absolute atomic E-state index is 14.6. The van der Waals surface area contributed by atoms with Crippen molar-refractivity contribution in [2.24, 2.45) is 0 Å². The maximum atomic E-state index is 14.6. The number of amides is 1. The number of piperazine rings is 1. The highest BCUT2D eigenvalue weighted by Gasteiger charge is 2.20. The standard InChI is InChI=1S/C27H29FN6O2/c1-17(2)33-11-13-34(14-12-33)19-9-7-18(8-10-19)27(35)30-26-20-15-22(29-16-23(20)31-32-26)25-21(28)5-4-6-24(25)36-3/h4-10,15-17H,11-14H2,1-3H3,(H2,30,31,32,35). The fourth-order valence-corrected chi connectivity index (χ4v) is 4.57. The number of H-pyrrole nitrogens is 1. The maximum Gasteiger partial charge on any atom is 0.256 e. The first-order valence-corrected chi connectivity index (χ1v) is 12.0. The highest BCUT2D eigenvalue weighted by molar-refractivity contribution is 6.08. The summed E-state index contributed by atoms with van der Waals surface area (Å²) in [6.07, 6.45) is 1.56. The summed E-state index contributed by atoms with van der Waals surface area (Å²) in [4.78, 5) is 22.2. The largest absolute Gasteiger partial charge is 0.496 e. The Balaban J connectivity index is 1.33. The second kappa shape index (κ2) is 9.94. The summed E-state index contributed by atoms with van der Waals surface area (Å²) in [5, 5.41) is 10.6. The van der Waals surface area contributed by atoms with Gasteiger partial charge >= 0.3 is 0 Å². The Morgan fingerprint density at radius 2 is 1.86 bits per heavy atom. The number of nitrogens with one attached hydrogen (secondary N) is 2. The summed E-state index contributed by atoms with van der Waals surface area (Å²) in [5.74, 6) is 0.00637. The van der Waals surface area contributed by atoms with Gasteiger partial charge in [0.1, 0.15) is 11.6 Å². The molecule has 9 heteroatoms. The average Bonchev–Trinajstić information content (AvgIpc) is 3.30. The summed E-state index contributed by atoms with van der Waals surface area (Å²) < 4.78 is 19.9. The van der Waals surface area contributed by atoms with E-state index in [1.807, 2.05) is 24.3 Å². The van der Waals surface area contributed by atoms with E-state index in [4.69, 9.17) is 4.74 Å². The number of rotatable bonds is 6. The van der Waals surface area contributed by atoms with Crippen molar-refractivity contribution in [2.45, 2.75) is 19.9 Å². The van der Waals surface area contributed by atoms with Crippen molar-refractivity contribution in [3.05, 3.63) is 66.1 Å². The van der Waals surface area contributed by atoms with Gasteiger partial charge in [0.2, 0.25) is 0 Å². The molecule has 0 atom stereocenters. The number of carbonyl (C=O) groups is 1. The fourth-order valence-electron chi connectivity index (χ4n) is 4.57. The fraction of sp³-hybridized carbons (Fsp3) is 0.296. The van der Waals surface area contributed by atoms with Gasteiger partial charge in [0, 0.05) is 48.9 Å². The number of nitrogens with zero attached hydrogens (tertiary/aromatic N) is 4. The van der Waals surface area contributed by atoms with E-state index in [0.717, 1.165) is 31.9 Å². The molecule has 36 heavy (non-hydrogen) atoms. The average molecular weight is 489 g/mol. The van der Waals surface area contributed by atoms with Gasteiger partial charge in [0.15, 0.2) is 5.82 Å². The smallest absolute Gasteiger partial charge is 0.256 e. The Morgan fingerprint density at radius 3 is 2.56 bits per heavy atom. The zero-order valence-corrected chi connectivity index (χ0v) is 20.6. The number of methoxy groups -OCH3 is 1. The minimum Gasteiger partial charge on any atom is -0.496 e. The minimum atomic E-state index is -0.444. The summed E-state index contributed by atoms with van der Waals surface area (Å²) in [6.45, 7) is 8.43. The third-order valence-electron chi connectivity index (χ3n) is 6.67. The molecule has 0 spiro atoms. The summed E-state index contributed by atoms with van der Waals surface area (Å²) in [7, 11) is 1.48. The molecule has 0 saturated carbocycles. The molecule has 1 fully saturated rings. The lowest BCUT2D eigenvalue weighted by atomic mass is 10.1. The van der Waals surface area contributed by atoms with Crippen molar-refractivity contribution in [3.63, 3.8) is 0 Å². The summed E-state index contributed by atoms with van der Waals surface area (Å²) in [5.41, 5.74) is 2.90. The number of anilines is 2. The molecule has 5 rings (SSSR count). The van der Waals surface area contributed by atoms with Crippen molar-refractivity contribution in [3.8, 4) is 17.0 Å². The number of aromatic amines is 1. The summed E-state index contributed by atoms with van der Waals surface area (Å²) >= 11 is 0. The Labute approximate surface area is 209 Å². The number of aromatic nitrogens is 3. The van der Waals surface area contributed by atoms with Gasteiger partial charge in [-0.1, -0.05) is 6.07 Å². The zero-order chi connectivity index (χ0) is 25.2. The molecule has 2 aromatic heterocycles. The first-order valence-electron chi connectivity index (χ1n) is 12.0. The number of hydrogen-bond acceptors (Lipinski definition) is 6. The molecule has 1 aliphatic rings. The van der Waals surface area contributed by atoms with Crippen LogP contribution >= 0.6 is 0 Å². The Hall–Kier alpha value is -3.98. The van der Waals surface area contributed by atoms with E-state index < -0.39 is 5.82 Å². The monoisotopic (exact) mass is 488 g/mol. The van der Waals surface area contributed by atoms with E-state index in [-0.39, 0.29) is 11.5 Å². The van der Waals surface area contributed by atoms with Crippen LogP contribution in [-0.4, -0.2) is 65.3 Å². The van der Waals surface area contributed by atoms with Gasteiger partial charge in [0.25, 0.3) is 5.91 Å². The third kappa shape index (κ3) is 4.61. The quantitative estimate of drug-likeness (QED) is 0.414. The van der Waals surface area contributed by atoms with Gasteiger partial charge in [-0.25, -0.2) is 4.39 Å². The van der Waals surface area contributed by atoms with Gasteiger partial charge in [-0.2, -0.15) is 5.10 Å². The van der Waals surface area contributed by atoms with Crippen LogP contribution in [0.15, 0.2) is 54.7 Å². The van der Waals surface area contributed by atoms with E-state index in [0.29, 0.717) is 39.8 Å². The highest BCUT2D eigenvalue weighted by Crippen LogP contribution is 2.33. The van der Waals surface area contributed by atoms with Gasteiger partial charge < -0.3 is 15.0 Å². The lowest BCUT2D eigenvalue weighted by molar-refractivity contribution is 0.102. The molecule has 3 heterocycles. The molecule has 0 aliphatic carbocycles. The van der Waals surface area contributed by atoms with Crippen molar-refractivity contribution in [2.75, 3.05) is 43.5 Å². The van der Waals surface area contributed by atoms with Crippen LogP contribution in [0.3, 0.4) is 0 Å². The molecule has 0 unspecified atom stereocenters. The molecule has 8 nitrogen and oxygen atoms in total. The molecular weight excluding hydrogens is 459 g/mol. The van der Waals surface area contributed by atoms with E-state index in [9.17, 15) is 9.18 Å². The molecule has 2 aromatic carbocycles. The van der Waals surface area contributed by atoms with Crippen LogP contribution in [0.25, 0.3) is 22.2 Å². The molecule has 0 bridgehead atoms. The number of carbonyl (C=O) groups excluding carboxylic acids is 1. The number of fused-ring (bicyclic) bond motifs is 1. The first kappa shape index (κ1) is 23.7. The van der Waals surface area contributed by atoms with Gasteiger partial charge in [-0.3, -0.25) is 19.8 Å². The molecule has 1 aliphatic heterocycles. The molecule has 4 aromatic rings. The van der Waals surface area contributed by atoms with Crippen LogP contribution in [0.4, 0.5) is 15.9 Å². The second-order valence-corrected chi connectivity index (χ2v) is 9.12. The van der Waals surface area contributed by atoms with Crippen molar-refractivity contribution < 1.29 is 13.9 Å². The normalized spacial score (nSPS) is 14.4. The number of hydrogen-bond donors (Lipinski definition) is 2. The van der Waals surface area contributed by atoms with Crippen molar-refractivity contribution in [1.29, 1.82) is 0 Å². The molecule has 0 radical (unpaired) electrons. The molecular formula is C27H29FN6O2. The van der Waals surface area contributed by atoms with Crippen molar-refractivity contribution in [1.82, 2.24) is 20.1 Å². The molecule has 1 saturated heterocycles. The summed E-state index contributed by atoms with van der Waals surface area (Å²) in [6, 6.07) is 14.5. The van der Waals surface area contributed by atoms with Crippen LogP contribution in [0, 0.1) is 5.82 Å². The first-order chi connectivity index (χ1) is 17.4. The lowest BCUT2D eigenvalue weighted by Crippen LogP contribution is -2.48. The zero-order valence-electron chi connectivity index (χ0n) is 20.6. The van der Waals surface area contributed by atoms with Crippen molar-refractivity contribution >= 4 is 28.3 Å². The Kier molecular flexibility index (Phi) is 6.56. The molecule has 1 amide bonds. The van der Waals surface area contributed by atoms with Crippen LogP contribution in [-0.2, 0) is 0 Å². The molecule has 186 valence electrons. The van der Waals surface area contributed by atoms with Gasteiger partial charge in [-0.15, -0.1) is 0 Å². The van der Waals surface area contributed by atoms with Gasteiger partial charge in [-0.05, 0) is 56.3 Å². The number of ether oxygens (including phenoxy) is 1. The predicted molar refractivity (Wildman–Crippen MR) is 139 cm³/mol. The second-order valence-electron chi connectivity index (χ2n) is 9.12. The van der Waals surface area contributed by atoms with Gasteiger partial charge in [0.05, 0.1) is 30.1 Å². The van der Waals surface area contributed by atoms with Crippen LogP contribution in [0.5, 0.6) is 5.75 Å². The highest BCUT2D eigenvalue weighted by atomic mass is 19.1. The Bertz CT molecular complexity index is 1380. The SMILES string of the molecule is COc1cccc(F)c1-c1cc2c(NC(=O)c3ccc(N4CCN(C(C)C)CC4)cc3)n[nH]c2cn1. The van der Waals surface area contributed by atoms with E-state index in [1.54, 1.807) is 24.4 Å². The molecule has 2 N–H and O–H groups in total. The van der Waals surface area contributed by atoms with Crippen LogP contribution in [0.2, 0.25) is 0 Å². The van der Waals surface area contributed by atoms with Crippen LogP contribution in [0.1, 0.15) is 24.2 Å². The topological polar surface area (TPSA) is 86.4 Å². The Morgan fingerprint density at radius 1 is 1.11 bits per heavy atom. The van der Waals surface area contributed by atoms with E-state index >= 15 is 0 Å². The third-order valence-corrected chi connectivity index (χ3v) is 6.67. The number of pyridine rings is 1.